The van der Waals surface area contributed by atoms with Crippen LogP contribution in [0.15, 0.2) is 14.1 Å². The Kier molecular flexibility index (Phi) is 6.59. The summed E-state index contributed by atoms with van der Waals surface area (Å²) in [4.78, 5) is 11.1. The summed E-state index contributed by atoms with van der Waals surface area (Å²) < 4.78 is 32.1. The molecule has 0 aromatic carbocycles. The van der Waals surface area contributed by atoms with Crippen LogP contribution in [0.2, 0.25) is 0 Å². The molecular formula is C11H16BrNO5S2. The molecule has 1 unspecified atom stereocenters. The van der Waals surface area contributed by atoms with Crippen LogP contribution in [0.5, 0.6) is 0 Å². The van der Waals surface area contributed by atoms with Gasteiger partial charge in [-0.15, -0.1) is 11.3 Å². The van der Waals surface area contributed by atoms with Gasteiger partial charge in [-0.05, 0) is 47.3 Å². The lowest BCUT2D eigenvalue weighted by molar-refractivity contribution is -0.139. The number of aryl methyl sites for hydroxylation is 1. The van der Waals surface area contributed by atoms with Gasteiger partial charge >= 0.3 is 5.97 Å². The van der Waals surface area contributed by atoms with Crippen molar-refractivity contribution >= 4 is 43.3 Å². The summed E-state index contributed by atoms with van der Waals surface area (Å²) >= 11 is 4.30. The minimum atomic E-state index is -3.83. The van der Waals surface area contributed by atoms with E-state index < -0.39 is 22.0 Å². The van der Waals surface area contributed by atoms with Crippen molar-refractivity contribution in [3.63, 3.8) is 0 Å². The van der Waals surface area contributed by atoms with Gasteiger partial charge in [-0.1, -0.05) is 0 Å². The zero-order chi connectivity index (χ0) is 15.3. The normalized spacial score (nSPS) is 13.3. The molecule has 0 amide bonds. The first-order valence-corrected chi connectivity index (χ1v) is 8.87. The minimum Gasteiger partial charge on any atom is -0.480 e. The second-order valence-electron chi connectivity index (χ2n) is 4.17. The second kappa shape index (κ2) is 7.51. The molecule has 9 heteroatoms. The number of carbonyl (C=O) groups is 1. The number of carboxylic acid groups (broad SMARTS) is 1. The van der Waals surface area contributed by atoms with Crippen LogP contribution in [0, 0.1) is 6.92 Å². The van der Waals surface area contributed by atoms with Crippen LogP contribution in [0.25, 0.3) is 0 Å². The number of hydrogen-bond acceptors (Lipinski definition) is 5. The highest BCUT2D eigenvalue weighted by Crippen LogP contribution is 2.30. The number of carboxylic acids is 1. The van der Waals surface area contributed by atoms with E-state index in [1.807, 2.05) is 0 Å². The Morgan fingerprint density at radius 2 is 2.25 bits per heavy atom. The zero-order valence-corrected chi connectivity index (χ0v) is 14.3. The van der Waals surface area contributed by atoms with Crippen LogP contribution in [-0.2, 0) is 19.6 Å². The molecule has 0 saturated heterocycles. The van der Waals surface area contributed by atoms with E-state index in [2.05, 4.69) is 20.7 Å². The summed E-state index contributed by atoms with van der Waals surface area (Å²) in [5.41, 5.74) is 0.793. The summed E-state index contributed by atoms with van der Waals surface area (Å²) in [5, 5.41) is 9.07. The molecule has 1 rings (SSSR count). The lowest BCUT2D eigenvalue weighted by atomic mass is 10.2. The van der Waals surface area contributed by atoms with Crippen molar-refractivity contribution in [2.75, 3.05) is 13.7 Å². The van der Waals surface area contributed by atoms with E-state index in [1.54, 1.807) is 6.92 Å². The Labute approximate surface area is 130 Å². The van der Waals surface area contributed by atoms with Gasteiger partial charge < -0.3 is 9.84 Å². The molecule has 0 bridgehead atoms. The first-order valence-electron chi connectivity index (χ1n) is 5.78. The smallest absolute Gasteiger partial charge is 0.321 e. The monoisotopic (exact) mass is 385 g/mol. The molecule has 0 aliphatic carbocycles. The summed E-state index contributed by atoms with van der Waals surface area (Å²) in [6, 6.07) is 0.349. The number of thiophene rings is 1. The van der Waals surface area contributed by atoms with Crippen molar-refractivity contribution in [3.8, 4) is 0 Å². The molecule has 0 fully saturated rings. The lowest BCUT2D eigenvalue weighted by Crippen LogP contribution is -2.40. The Morgan fingerprint density at radius 1 is 1.60 bits per heavy atom. The number of rotatable bonds is 8. The van der Waals surface area contributed by atoms with Crippen molar-refractivity contribution in [2.24, 2.45) is 0 Å². The highest BCUT2D eigenvalue weighted by atomic mass is 79.9. The highest BCUT2D eigenvalue weighted by Gasteiger charge is 2.26. The maximum absolute atomic E-state index is 12.1. The molecule has 1 heterocycles. The van der Waals surface area contributed by atoms with Gasteiger partial charge in [0, 0.05) is 13.7 Å². The summed E-state index contributed by atoms with van der Waals surface area (Å²) in [5.74, 6) is -1.20. The van der Waals surface area contributed by atoms with E-state index in [1.165, 1.54) is 13.2 Å². The van der Waals surface area contributed by atoms with E-state index in [4.69, 9.17) is 9.84 Å². The van der Waals surface area contributed by atoms with Gasteiger partial charge in [0.2, 0.25) is 0 Å². The summed E-state index contributed by atoms with van der Waals surface area (Å²) in [6.07, 6.45) is 0.636. The zero-order valence-electron chi connectivity index (χ0n) is 11.1. The molecule has 0 radical (unpaired) electrons. The summed E-state index contributed by atoms with van der Waals surface area (Å²) in [6.45, 7) is 2.15. The molecular weight excluding hydrogens is 370 g/mol. The van der Waals surface area contributed by atoms with Crippen molar-refractivity contribution in [2.45, 2.75) is 30.0 Å². The molecule has 20 heavy (non-hydrogen) atoms. The fourth-order valence-corrected chi connectivity index (χ4v) is 4.94. The molecule has 2 N–H and O–H groups in total. The molecule has 1 atom stereocenters. The fourth-order valence-electron chi connectivity index (χ4n) is 1.47. The first-order chi connectivity index (χ1) is 9.27. The number of halogens is 1. The Balaban J connectivity index is 2.83. The third kappa shape index (κ3) is 4.81. The Bertz CT molecular complexity index is 550. The lowest BCUT2D eigenvalue weighted by Gasteiger charge is -2.13. The molecule has 0 saturated carbocycles. The maximum Gasteiger partial charge on any atom is 0.321 e. The largest absolute Gasteiger partial charge is 0.480 e. The number of hydrogen-bond donors (Lipinski definition) is 2. The van der Waals surface area contributed by atoms with Crippen molar-refractivity contribution in [1.29, 1.82) is 0 Å². The van der Waals surface area contributed by atoms with Crippen molar-refractivity contribution < 1.29 is 23.1 Å². The van der Waals surface area contributed by atoms with Crippen molar-refractivity contribution in [1.82, 2.24) is 4.72 Å². The second-order valence-corrected chi connectivity index (χ2v) is 8.48. The van der Waals surface area contributed by atoms with Crippen molar-refractivity contribution in [3.05, 3.63) is 15.4 Å². The standard InChI is InChI=1S/C11H16BrNO5S2/c1-7-6-9(19-10(7)12)20(16,17)13-8(11(14)15)4-3-5-18-2/h6,8,13H,3-5H2,1-2H3,(H,14,15). The number of methoxy groups -OCH3 is 1. The van der Waals surface area contributed by atoms with Gasteiger partial charge in [0.1, 0.15) is 10.3 Å². The Morgan fingerprint density at radius 3 is 2.70 bits per heavy atom. The maximum atomic E-state index is 12.1. The molecule has 114 valence electrons. The molecule has 1 aromatic heterocycles. The quantitative estimate of drug-likeness (QED) is 0.667. The number of sulfonamides is 1. The summed E-state index contributed by atoms with van der Waals surface area (Å²) in [7, 11) is -2.32. The topological polar surface area (TPSA) is 92.7 Å². The van der Waals surface area contributed by atoms with Crippen LogP contribution in [0.3, 0.4) is 0 Å². The van der Waals surface area contributed by atoms with Crippen LogP contribution in [0.4, 0.5) is 0 Å². The van der Waals surface area contributed by atoms with E-state index in [9.17, 15) is 13.2 Å². The highest BCUT2D eigenvalue weighted by molar-refractivity contribution is 9.11. The van der Waals surface area contributed by atoms with E-state index in [-0.39, 0.29) is 10.6 Å². The van der Waals surface area contributed by atoms with Gasteiger partial charge in [-0.2, -0.15) is 4.72 Å². The molecule has 1 aromatic rings. The molecule has 0 spiro atoms. The molecule has 6 nitrogen and oxygen atoms in total. The third-order valence-corrected chi connectivity index (χ3v) is 6.62. The SMILES string of the molecule is COCCCC(NS(=O)(=O)c1cc(C)c(Br)s1)C(=O)O. The van der Waals surface area contributed by atoms with Crippen LogP contribution < -0.4 is 4.72 Å². The van der Waals surface area contributed by atoms with Crippen LogP contribution >= 0.6 is 27.3 Å². The molecule has 0 aliphatic heterocycles. The Hall–Kier alpha value is -0.480. The van der Waals surface area contributed by atoms with E-state index in [0.29, 0.717) is 16.8 Å². The minimum absolute atomic E-state index is 0.0971. The third-order valence-electron chi connectivity index (χ3n) is 2.54. The first kappa shape index (κ1) is 17.6. The number of ether oxygens (including phenoxy) is 1. The van der Waals surface area contributed by atoms with Crippen LogP contribution in [-0.4, -0.2) is 39.3 Å². The van der Waals surface area contributed by atoms with Gasteiger partial charge in [0.05, 0.1) is 3.79 Å². The van der Waals surface area contributed by atoms with Gasteiger partial charge in [0.25, 0.3) is 10.0 Å². The number of aliphatic carboxylic acids is 1. The fraction of sp³-hybridized carbons (Fsp3) is 0.545. The average Bonchev–Trinajstić information content (AvgIpc) is 2.69. The molecule has 0 aliphatic rings. The van der Waals surface area contributed by atoms with Crippen LogP contribution in [0.1, 0.15) is 18.4 Å². The average molecular weight is 386 g/mol. The number of nitrogens with one attached hydrogen (secondary N) is 1. The van der Waals surface area contributed by atoms with E-state index >= 15 is 0 Å². The van der Waals surface area contributed by atoms with Gasteiger partial charge in [-0.3, -0.25) is 4.79 Å². The predicted molar refractivity (Wildman–Crippen MR) is 79.6 cm³/mol. The predicted octanol–water partition coefficient (Wildman–Crippen LogP) is 1.98. The van der Waals surface area contributed by atoms with Gasteiger partial charge in [-0.25, -0.2) is 8.42 Å². The van der Waals surface area contributed by atoms with E-state index in [0.717, 1.165) is 16.9 Å². The van der Waals surface area contributed by atoms with Gasteiger partial charge in [0.15, 0.2) is 0 Å².